The van der Waals surface area contributed by atoms with Crippen LogP contribution in [0.2, 0.25) is 0 Å². The summed E-state index contributed by atoms with van der Waals surface area (Å²) in [7, 11) is 0. The number of carbonyl (C=O) groups excluding carboxylic acids is 1. The van der Waals surface area contributed by atoms with Crippen LogP contribution in [-0.2, 0) is 0 Å². The molecule has 1 aliphatic rings. The van der Waals surface area contributed by atoms with Crippen LogP contribution in [0.4, 0.5) is 4.39 Å². The highest BCUT2D eigenvalue weighted by Gasteiger charge is 2.34. The number of carbonyl (C=O) groups is 1. The maximum Gasteiger partial charge on any atom is 0.257 e. The van der Waals surface area contributed by atoms with E-state index in [4.69, 9.17) is 0 Å². The second-order valence-corrected chi connectivity index (χ2v) is 6.81. The van der Waals surface area contributed by atoms with Crippen molar-refractivity contribution in [2.24, 2.45) is 5.41 Å². The van der Waals surface area contributed by atoms with Crippen molar-refractivity contribution in [2.45, 2.75) is 33.1 Å². The van der Waals surface area contributed by atoms with E-state index in [0.29, 0.717) is 30.0 Å². The lowest BCUT2D eigenvalue weighted by Gasteiger charge is -2.40. The van der Waals surface area contributed by atoms with Gasteiger partial charge < -0.3 is 10.0 Å². The molecule has 1 fully saturated rings. The third-order valence-electron chi connectivity index (χ3n) is 5.52. The summed E-state index contributed by atoms with van der Waals surface area (Å²) >= 11 is 0. The molecule has 1 aliphatic heterocycles. The van der Waals surface area contributed by atoms with Crippen molar-refractivity contribution in [3.63, 3.8) is 0 Å². The van der Waals surface area contributed by atoms with Crippen molar-refractivity contribution in [3.8, 4) is 5.69 Å². The van der Waals surface area contributed by atoms with E-state index < -0.39 is 0 Å². The predicted molar refractivity (Wildman–Crippen MR) is 93.2 cm³/mol. The van der Waals surface area contributed by atoms with Crippen molar-refractivity contribution in [3.05, 3.63) is 47.5 Å². The van der Waals surface area contributed by atoms with Gasteiger partial charge in [-0.1, -0.05) is 19.1 Å². The van der Waals surface area contributed by atoms with Gasteiger partial charge in [-0.2, -0.15) is 5.10 Å². The number of aromatic nitrogens is 2. The highest BCUT2D eigenvalue weighted by Crippen LogP contribution is 2.34. The minimum absolute atomic E-state index is 0.0663. The summed E-state index contributed by atoms with van der Waals surface area (Å²) in [5.74, 6) is -0.455. The number of piperidine rings is 1. The highest BCUT2D eigenvalue weighted by molar-refractivity contribution is 5.95. The Balaban J connectivity index is 1.80. The molecule has 3 rings (SSSR count). The third-order valence-corrected chi connectivity index (χ3v) is 5.52. The van der Waals surface area contributed by atoms with Gasteiger partial charge in [0, 0.05) is 19.7 Å². The van der Waals surface area contributed by atoms with Crippen LogP contribution in [-0.4, -0.2) is 45.4 Å². The molecule has 0 atom stereocenters. The summed E-state index contributed by atoms with van der Waals surface area (Å²) in [6.07, 6.45) is 4.02. The predicted octanol–water partition coefficient (Wildman–Crippen LogP) is 2.94. The van der Waals surface area contributed by atoms with Crippen molar-refractivity contribution >= 4 is 5.91 Å². The van der Waals surface area contributed by atoms with E-state index in [2.05, 4.69) is 12.0 Å². The highest BCUT2D eigenvalue weighted by atomic mass is 19.1. The number of rotatable bonds is 4. The van der Waals surface area contributed by atoms with Gasteiger partial charge in [-0.25, -0.2) is 9.07 Å². The second kappa shape index (κ2) is 6.96. The molecule has 0 aliphatic carbocycles. The molecule has 2 heterocycles. The maximum atomic E-state index is 14.0. The summed E-state index contributed by atoms with van der Waals surface area (Å²) in [6.45, 7) is 5.27. The summed E-state index contributed by atoms with van der Waals surface area (Å²) in [5.41, 5.74) is 1.40. The van der Waals surface area contributed by atoms with Crippen LogP contribution < -0.4 is 0 Å². The molecular formula is C19H24FN3O2. The van der Waals surface area contributed by atoms with Gasteiger partial charge in [0.05, 0.1) is 17.5 Å². The van der Waals surface area contributed by atoms with E-state index in [9.17, 15) is 14.3 Å². The van der Waals surface area contributed by atoms with Crippen LogP contribution in [0.5, 0.6) is 0 Å². The van der Waals surface area contributed by atoms with Gasteiger partial charge in [0.1, 0.15) is 11.5 Å². The molecule has 1 amide bonds. The first kappa shape index (κ1) is 17.6. The number of amides is 1. The number of halogens is 1. The van der Waals surface area contributed by atoms with Gasteiger partial charge in [0.25, 0.3) is 5.91 Å². The molecular weight excluding hydrogens is 321 g/mol. The lowest BCUT2D eigenvalue weighted by molar-refractivity contribution is 0.0337. The minimum Gasteiger partial charge on any atom is -0.396 e. The third kappa shape index (κ3) is 3.18. The lowest BCUT2D eigenvalue weighted by Crippen LogP contribution is -2.44. The van der Waals surface area contributed by atoms with E-state index in [1.807, 2.05) is 0 Å². The average Bonchev–Trinajstić information content (AvgIpc) is 3.03. The number of hydrogen-bond acceptors (Lipinski definition) is 3. The Kier molecular flexibility index (Phi) is 4.90. The zero-order valence-corrected chi connectivity index (χ0v) is 14.7. The Morgan fingerprint density at radius 3 is 2.60 bits per heavy atom. The second-order valence-electron chi connectivity index (χ2n) is 6.81. The number of likely N-dealkylation sites (tertiary alicyclic amines) is 1. The molecule has 2 aromatic rings. The number of para-hydroxylation sites is 1. The molecule has 5 nitrogen and oxygen atoms in total. The van der Waals surface area contributed by atoms with E-state index in [0.717, 1.165) is 19.3 Å². The van der Waals surface area contributed by atoms with E-state index in [1.54, 1.807) is 30.0 Å². The zero-order valence-electron chi connectivity index (χ0n) is 14.7. The molecule has 0 unspecified atom stereocenters. The normalized spacial score (nSPS) is 16.9. The Morgan fingerprint density at radius 1 is 1.32 bits per heavy atom. The summed E-state index contributed by atoms with van der Waals surface area (Å²) in [5, 5.41) is 13.8. The van der Waals surface area contributed by atoms with Crippen LogP contribution in [0.25, 0.3) is 5.69 Å². The number of hydrogen-bond donors (Lipinski definition) is 1. The number of nitrogens with zero attached hydrogens (tertiary/aromatic N) is 3. The Hall–Kier alpha value is -2.21. The van der Waals surface area contributed by atoms with Gasteiger partial charge >= 0.3 is 0 Å². The van der Waals surface area contributed by atoms with Crippen molar-refractivity contribution < 1.29 is 14.3 Å². The smallest absolute Gasteiger partial charge is 0.257 e. The fourth-order valence-corrected chi connectivity index (χ4v) is 3.46. The molecule has 0 radical (unpaired) electrons. The molecule has 1 aromatic heterocycles. The number of aliphatic hydroxyl groups is 1. The molecule has 1 saturated heterocycles. The SMILES string of the molecule is CCC1(CO)CCN(C(=O)c2cnn(-c3ccccc3F)c2C)CC1. The van der Waals surface area contributed by atoms with Crippen LogP contribution in [0.15, 0.2) is 30.5 Å². The molecule has 134 valence electrons. The topological polar surface area (TPSA) is 58.4 Å². The van der Waals surface area contributed by atoms with Crippen molar-refractivity contribution in [2.75, 3.05) is 19.7 Å². The molecule has 0 bridgehead atoms. The van der Waals surface area contributed by atoms with Crippen molar-refractivity contribution in [1.29, 1.82) is 0 Å². The van der Waals surface area contributed by atoms with Gasteiger partial charge in [-0.05, 0) is 43.7 Å². The van der Waals surface area contributed by atoms with Gasteiger partial charge in [0.2, 0.25) is 0 Å². The number of benzene rings is 1. The average molecular weight is 345 g/mol. The molecule has 1 aromatic carbocycles. The van der Waals surface area contributed by atoms with Crippen LogP contribution in [0.1, 0.15) is 42.2 Å². The van der Waals surface area contributed by atoms with E-state index in [1.165, 1.54) is 16.9 Å². The zero-order chi connectivity index (χ0) is 18.0. The Labute approximate surface area is 147 Å². The Morgan fingerprint density at radius 2 is 2.00 bits per heavy atom. The fourth-order valence-electron chi connectivity index (χ4n) is 3.46. The molecule has 6 heteroatoms. The maximum absolute atomic E-state index is 14.0. The molecule has 0 spiro atoms. The quantitative estimate of drug-likeness (QED) is 0.927. The minimum atomic E-state index is -0.374. The molecule has 0 saturated carbocycles. The number of aliphatic hydroxyl groups excluding tert-OH is 1. The van der Waals surface area contributed by atoms with E-state index >= 15 is 0 Å². The Bertz CT molecular complexity index is 758. The van der Waals surface area contributed by atoms with E-state index in [-0.39, 0.29) is 23.7 Å². The standard InChI is InChI=1S/C19H24FN3O2/c1-3-19(13-24)8-10-22(11-9-19)18(25)15-12-21-23(14(15)2)17-7-5-4-6-16(17)20/h4-7,12,24H,3,8-11,13H2,1-2H3. The van der Waals surface area contributed by atoms with Crippen LogP contribution >= 0.6 is 0 Å². The molecule has 25 heavy (non-hydrogen) atoms. The van der Waals surface area contributed by atoms with Gasteiger partial charge in [-0.3, -0.25) is 4.79 Å². The lowest BCUT2D eigenvalue weighted by atomic mass is 9.77. The van der Waals surface area contributed by atoms with Crippen LogP contribution in [0, 0.1) is 18.2 Å². The van der Waals surface area contributed by atoms with Crippen molar-refractivity contribution in [1.82, 2.24) is 14.7 Å². The monoisotopic (exact) mass is 345 g/mol. The van der Waals surface area contributed by atoms with Gasteiger partial charge in [0.15, 0.2) is 0 Å². The molecule has 1 N–H and O–H groups in total. The van der Waals surface area contributed by atoms with Gasteiger partial charge in [-0.15, -0.1) is 0 Å². The first-order chi connectivity index (χ1) is 12.0. The summed E-state index contributed by atoms with van der Waals surface area (Å²) in [6, 6.07) is 6.38. The van der Waals surface area contributed by atoms with Crippen LogP contribution in [0.3, 0.4) is 0 Å². The fraction of sp³-hybridized carbons (Fsp3) is 0.474. The first-order valence-electron chi connectivity index (χ1n) is 8.71. The summed E-state index contributed by atoms with van der Waals surface area (Å²) < 4.78 is 15.5. The summed E-state index contributed by atoms with van der Waals surface area (Å²) in [4.78, 5) is 14.7. The largest absolute Gasteiger partial charge is 0.396 e. The first-order valence-corrected chi connectivity index (χ1v) is 8.71.